The van der Waals surface area contributed by atoms with Crippen LogP contribution in [0.4, 0.5) is 0 Å². The lowest BCUT2D eigenvalue weighted by Crippen LogP contribution is -2.31. The molecule has 1 spiro atoms. The van der Waals surface area contributed by atoms with Gasteiger partial charge in [0.05, 0.1) is 0 Å². The molecule has 1 fully saturated rings. The third kappa shape index (κ3) is 1.73. The molecule has 3 rings (SSSR count). The Morgan fingerprint density at radius 1 is 1.20 bits per heavy atom. The Morgan fingerprint density at radius 2 is 1.90 bits per heavy atom. The summed E-state index contributed by atoms with van der Waals surface area (Å²) in [4.78, 5) is 11.7. The number of carbonyl (C=O) groups is 1. The number of carbonyl (C=O) groups excluding carboxylic acids is 1. The van der Waals surface area contributed by atoms with Crippen LogP contribution in [0.15, 0.2) is 54.6 Å². The molecule has 0 atom stereocenters. The van der Waals surface area contributed by atoms with Crippen LogP contribution in [-0.4, -0.2) is 5.78 Å². The molecule has 2 aliphatic rings. The van der Waals surface area contributed by atoms with Crippen LogP contribution in [0, 0.1) is 0 Å². The van der Waals surface area contributed by atoms with Gasteiger partial charge in [0.2, 0.25) is 0 Å². The summed E-state index contributed by atoms with van der Waals surface area (Å²) in [6.45, 7) is 6.10. The number of hydrogen-bond donors (Lipinski definition) is 0. The summed E-state index contributed by atoms with van der Waals surface area (Å²) in [7, 11) is 0. The molecule has 0 aliphatic heterocycles. The summed E-state index contributed by atoms with van der Waals surface area (Å²) in [5.74, 6) is 0.399. The van der Waals surface area contributed by atoms with Gasteiger partial charge in [-0.25, -0.2) is 0 Å². The fourth-order valence-corrected chi connectivity index (χ4v) is 3.83. The van der Waals surface area contributed by atoms with E-state index in [0.717, 1.165) is 12.8 Å². The fourth-order valence-electron chi connectivity index (χ4n) is 3.83. The van der Waals surface area contributed by atoms with Gasteiger partial charge in [-0.05, 0) is 42.0 Å². The molecule has 0 radical (unpaired) electrons. The molecule has 102 valence electrons. The molecule has 0 N–H and O–H groups in total. The van der Waals surface area contributed by atoms with Crippen molar-refractivity contribution in [2.75, 3.05) is 0 Å². The van der Waals surface area contributed by atoms with Crippen molar-refractivity contribution < 1.29 is 4.79 Å². The van der Waals surface area contributed by atoms with E-state index in [4.69, 9.17) is 0 Å². The molecule has 0 bridgehead atoms. The van der Waals surface area contributed by atoms with Crippen molar-refractivity contribution in [1.29, 1.82) is 0 Å². The van der Waals surface area contributed by atoms with Crippen molar-refractivity contribution in [1.82, 2.24) is 0 Å². The molecule has 1 nitrogen and oxygen atoms in total. The topological polar surface area (TPSA) is 17.1 Å². The van der Waals surface area contributed by atoms with E-state index in [-0.39, 0.29) is 5.41 Å². The molecule has 0 aromatic heterocycles. The Bertz CT molecular complexity index is 621. The second-order valence-corrected chi connectivity index (χ2v) is 5.70. The summed E-state index contributed by atoms with van der Waals surface area (Å²) in [5, 5.41) is 0. The first-order valence-corrected chi connectivity index (χ1v) is 7.34. The second kappa shape index (κ2) is 4.90. The maximum absolute atomic E-state index is 11.7. The molecule has 0 saturated heterocycles. The van der Waals surface area contributed by atoms with Gasteiger partial charge in [0.1, 0.15) is 5.78 Å². The summed E-state index contributed by atoms with van der Waals surface area (Å²) < 4.78 is 0. The van der Waals surface area contributed by atoms with Crippen molar-refractivity contribution in [2.45, 2.75) is 38.0 Å². The SMILES string of the molecule is C=CC1=C(/C=C\C)c2ccccc2C12CCC(=O)CC2. The zero-order chi connectivity index (χ0) is 14.2. The minimum atomic E-state index is 0.0150. The molecule has 2 aliphatic carbocycles. The zero-order valence-electron chi connectivity index (χ0n) is 12.0. The average Bonchev–Trinajstić information content (AvgIpc) is 2.73. The lowest BCUT2D eigenvalue weighted by Gasteiger charge is -2.36. The summed E-state index contributed by atoms with van der Waals surface area (Å²) >= 11 is 0. The molecule has 0 unspecified atom stereocenters. The number of allylic oxidation sites excluding steroid dienone is 5. The van der Waals surface area contributed by atoms with E-state index < -0.39 is 0 Å². The largest absolute Gasteiger partial charge is 0.300 e. The van der Waals surface area contributed by atoms with Gasteiger partial charge in [-0.1, -0.05) is 49.1 Å². The first kappa shape index (κ1) is 13.1. The van der Waals surface area contributed by atoms with Crippen molar-refractivity contribution >= 4 is 11.4 Å². The molecule has 20 heavy (non-hydrogen) atoms. The highest BCUT2D eigenvalue weighted by Crippen LogP contribution is 2.54. The summed E-state index contributed by atoms with van der Waals surface area (Å²) in [5.41, 5.74) is 5.31. The number of hydrogen-bond acceptors (Lipinski definition) is 1. The van der Waals surface area contributed by atoms with Crippen LogP contribution in [0.3, 0.4) is 0 Å². The molecule has 1 saturated carbocycles. The Balaban J connectivity index is 2.22. The molecule has 1 aromatic carbocycles. The zero-order valence-corrected chi connectivity index (χ0v) is 12.0. The first-order chi connectivity index (χ1) is 9.73. The number of benzene rings is 1. The average molecular weight is 264 g/mol. The highest BCUT2D eigenvalue weighted by Gasteiger charge is 2.44. The van der Waals surface area contributed by atoms with Crippen LogP contribution in [0.5, 0.6) is 0 Å². The van der Waals surface area contributed by atoms with Crippen LogP contribution in [0.2, 0.25) is 0 Å². The number of ketones is 1. The minimum Gasteiger partial charge on any atom is -0.300 e. The van der Waals surface area contributed by atoms with Gasteiger partial charge in [-0.3, -0.25) is 4.79 Å². The van der Waals surface area contributed by atoms with Crippen molar-refractivity contribution in [3.8, 4) is 0 Å². The Labute approximate surface area is 120 Å². The highest BCUT2D eigenvalue weighted by atomic mass is 16.1. The normalized spacial score (nSPS) is 20.8. The molecule has 0 heterocycles. The van der Waals surface area contributed by atoms with Gasteiger partial charge in [-0.15, -0.1) is 0 Å². The highest BCUT2D eigenvalue weighted by molar-refractivity contribution is 5.89. The van der Waals surface area contributed by atoms with Crippen LogP contribution in [0.25, 0.3) is 5.57 Å². The Kier molecular flexibility index (Phi) is 3.21. The van der Waals surface area contributed by atoms with Gasteiger partial charge in [0, 0.05) is 18.3 Å². The van der Waals surface area contributed by atoms with E-state index in [1.165, 1.54) is 22.3 Å². The van der Waals surface area contributed by atoms with E-state index in [2.05, 4.69) is 43.0 Å². The van der Waals surface area contributed by atoms with E-state index in [1.54, 1.807) is 0 Å². The number of fused-ring (bicyclic) bond motifs is 2. The monoisotopic (exact) mass is 264 g/mol. The fraction of sp³-hybridized carbons (Fsp3) is 0.316. The Hall–Kier alpha value is -1.89. The van der Waals surface area contributed by atoms with Crippen molar-refractivity contribution in [3.63, 3.8) is 0 Å². The van der Waals surface area contributed by atoms with Crippen LogP contribution < -0.4 is 0 Å². The van der Waals surface area contributed by atoms with Crippen molar-refractivity contribution in [2.24, 2.45) is 0 Å². The third-order valence-electron chi connectivity index (χ3n) is 4.74. The molecule has 0 amide bonds. The molecular weight excluding hydrogens is 244 g/mol. The van der Waals surface area contributed by atoms with Gasteiger partial charge in [0.15, 0.2) is 0 Å². The number of Topliss-reactive ketones (excluding diaryl/α,β-unsaturated/α-hetero) is 1. The van der Waals surface area contributed by atoms with E-state index in [9.17, 15) is 4.79 Å². The van der Waals surface area contributed by atoms with Crippen molar-refractivity contribution in [3.05, 3.63) is 65.8 Å². The lowest BCUT2D eigenvalue weighted by atomic mass is 9.66. The standard InChI is InChI=1S/C19H20O/c1-3-7-15-16-8-5-6-9-18(16)19(17(15)4-2)12-10-14(20)11-13-19/h3-9H,2,10-13H2,1H3/b7-3-. The van der Waals surface area contributed by atoms with Gasteiger partial charge in [0.25, 0.3) is 0 Å². The second-order valence-electron chi connectivity index (χ2n) is 5.70. The van der Waals surface area contributed by atoms with Gasteiger partial charge in [-0.2, -0.15) is 0 Å². The summed E-state index contributed by atoms with van der Waals surface area (Å²) in [6, 6.07) is 8.62. The van der Waals surface area contributed by atoms with Crippen LogP contribution in [-0.2, 0) is 10.2 Å². The predicted octanol–water partition coefficient (Wildman–Crippen LogP) is 4.60. The molecule has 1 aromatic rings. The lowest BCUT2D eigenvalue weighted by molar-refractivity contribution is -0.121. The van der Waals surface area contributed by atoms with Gasteiger partial charge < -0.3 is 0 Å². The van der Waals surface area contributed by atoms with E-state index >= 15 is 0 Å². The summed E-state index contributed by atoms with van der Waals surface area (Å²) in [6.07, 6.45) is 9.49. The first-order valence-electron chi connectivity index (χ1n) is 7.34. The maximum atomic E-state index is 11.7. The molecular formula is C19H20O. The van der Waals surface area contributed by atoms with E-state index in [0.29, 0.717) is 18.6 Å². The van der Waals surface area contributed by atoms with Gasteiger partial charge >= 0.3 is 0 Å². The third-order valence-corrected chi connectivity index (χ3v) is 4.74. The quantitative estimate of drug-likeness (QED) is 0.763. The smallest absolute Gasteiger partial charge is 0.133 e. The number of rotatable bonds is 2. The van der Waals surface area contributed by atoms with E-state index in [1.807, 2.05) is 13.0 Å². The minimum absolute atomic E-state index is 0.0150. The van der Waals surface area contributed by atoms with Crippen LogP contribution in [0.1, 0.15) is 43.7 Å². The predicted molar refractivity (Wildman–Crippen MR) is 83.5 cm³/mol. The Morgan fingerprint density at radius 3 is 2.55 bits per heavy atom. The van der Waals surface area contributed by atoms with Crippen LogP contribution >= 0.6 is 0 Å². The maximum Gasteiger partial charge on any atom is 0.133 e. The molecule has 1 heteroatoms.